The number of nitrogens with one attached hydrogen (secondary N) is 2. The highest BCUT2D eigenvalue weighted by Gasteiger charge is 2.47. The van der Waals surface area contributed by atoms with Crippen LogP contribution in [0.15, 0.2) is 115 Å². The fourth-order valence-corrected chi connectivity index (χ4v) is 6.02. The van der Waals surface area contributed by atoms with Gasteiger partial charge in [0.15, 0.2) is 0 Å². The number of aromatic hydroxyl groups is 1. The van der Waals surface area contributed by atoms with Crippen molar-refractivity contribution in [2.45, 2.75) is 31.9 Å². The maximum atomic E-state index is 13.0. The van der Waals surface area contributed by atoms with Crippen LogP contribution in [0.1, 0.15) is 42.9 Å². The van der Waals surface area contributed by atoms with Gasteiger partial charge in [-0.05, 0) is 58.7 Å². The summed E-state index contributed by atoms with van der Waals surface area (Å²) in [5, 5.41) is 20.6. The molecular formula is C36H30Cl2N2O3. The molecule has 6 rings (SSSR count). The second-order valence-electron chi connectivity index (χ2n) is 10.5. The summed E-state index contributed by atoms with van der Waals surface area (Å²) >= 11 is 13.3. The Morgan fingerprint density at radius 1 is 0.837 bits per heavy atom. The van der Waals surface area contributed by atoms with Crippen molar-refractivity contribution in [1.29, 1.82) is 0 Å². The third-order valence-electron chi connectivity index (χ3n) is 7.66. The predicted octanol–water partition coefficient (Wildman–Crippen LogP) is 8.97. The predicted molar refractivity (Wildman–Crippen MR) is 174 cm³/mol. The van der Waals surface area contributed by atoms with Gasteiger partial charge in [-0.25, -0.2) is 0 Å². The smallest absolute Gasteiger partial charge is 0.239 e. The second kappa shape index (κ2) is 12.0. The molecular weight excluding hydrogens is 579 g/mol. The van der Waals surface area contributed by atoms with Gasteiger partial charge in [-0.2, -0.15) is 0 Å². The molecule has 1 unspecified atom stereocenters. The van der Waals surface area contributed by atoms with E-state index in [2.05, 4.69) is 41.0 Å². The molecule has 1 atom stereocenters. The highest BCUT2D eigenvalue weighted by atomic mass is 35.5. The molecule has 0 radical (unpaired) electrons. The topological polar surface area (TPSA) is 70.6 Å². The first-order valence-electron chi connectivity index (χ1n) is 14.2. The Kier molecular flexibility index (Phi) is 8.02. The van der Waals surface area contributed by atoms with Crippen molar-refractivity contribution < 1.29 is 14.6 Å². The summed E-state index contributed by atoms with van der Waals surface area (Å²) in [7, 11) is 0. The van der Waals surface area contributed by atoms with Crippen molar-refractivity contribution in [2.24, 2.45) is 0 Å². The number of hydrogen-bond acceptors (Lipinski definition) is 4. The number of fused-ring (bicyclic) bond motifs is 1. The lowest BCUT2D eigenvalue weighted by molar-refractivity contribution is -0.121. The molecule has 5 aromatic rings. The van der Waals surface area contributed by atoms with Gasteiger partial charge in [-0.3, -0.25) is 10.1 Å². The van der Waals surface area contributed by atoms with Crippen LogP contribution in [0.4, 0.5) is 0 Å². The fraction of sp³-hybridized carbons (Fsp3) is 0.139. The maximum absolute atomic E-state index is 13.0. The van der Waals surface area contributed by atoms with Gasteiger partial charge in [0.25, 0.3) is 0 Å². The summed E-state index contributed by atoms with van der Waals surface area (Å²) in [6.07, 6.45) is 1.94. The molecule has 0 aromatic heterocycles. The van der Waals surface area contributed by atoms with Gasteiger partial charge >= 0.3 is 0 Å². The number of ether oxygens (including phenoxy) is 1. The van der Waals surface area contributed by atoms with Crippen LogP contribution in [0.3, 0.4) is 0 Å². The van der Waals surface area contributed by atoms with E-state index in [1.165, 1.54) is 5.39 Å². The lowest BCUT2D eigenvalue weighted by Gasteiger charge is -2.32. The van der Waals surface area contributed by atoms with Crippen molar-refractivity contribution in [3.63, 3.8) is 0 Å². The molecule has 5 aromatic carbocycles. The van der Waals surface area contributed by atoms with E-state index in [1.54, 1.807) is 36.4 Å². The molecule has 43 heavy (non-hydrogen) atoms. The highest BCUT2D eigenvalue weighted by Crippen LogP contribution is 2.46. The maximum Gasteiger partial charge on any atom is 0.239 e. The van der Waals surface area contributed by atoms with Gasteiger partial charge in [-0.15, -0.1) is 0 Å². The Bertz CT molecular complexity index is 1830. The number of phenols is 1. The third kappa shape index (κ3) is 5.54. The lowest BCUT2D eigenvalue weighted by Crippen LogP contribution is -2.40. The SMILES string of the molecule is CCCCC(=O)NC1=C(c2c(Cl)cccc2Cl)NC(c2ccc(-c3ccc4ccccc4c3)cc2)(c2ccccc2O)O1. The normalized spacial score (nSPS) is 16.2. The van der Waals surface area contributed by atoms with E-state index < -0.39 is 5.72 Å². The largest absolute Gasteiger partial charge is 0.507 e. The minimum Gasteiger partial charge on any atom is -0.507 e. The van der Waals surface area contributed by atoms with E-state index in [0.717, 1.165) is 29.4 Å². The fourth-order valence-electron chi connectivity index (χ4n) is 5.44. The first-order chi connectivity index (χ1) is 20.9. The average molecular weight is 610 g/mol. The summed E-state index contributed by atoms with van der Waals surface area (Å²) in [6.45, 7) is 2.03. The molecule has 0 saturated heterocycles. The van der Waals surface area contributed by atoms with Gasteiger partial charge < -0.3 is 15.2 Å². The number of amides is 1. The van der Waals surface area contributed by atoms with Crippen LogP contribution >= 0.6 is 23.2 Å². The molecule has 1 aliphatic heterocycles. The number of unbranched alkanes of at least 4 members (excludes halogenated alkanes) is 1. The van der Waals surface area contributed by atoms with E-state index in [1.807, 2.05) is 49.4 Å². The average Bonchev–Trinajstić information content (AvgIpc) is 3.39. The first-order valence-corrected chi connectivity index (χ1v) is 15.0. The molecule has 7 heteroatoms. The number of benzene rings is 5. The number of carbonyl (C=O) groups excluding carboxylic acids is 1. The van der Waals surface area contributed by atoms with Crippen molar-refractivity contribution in [3.05, 3.63) is 142 Å². The molecule has 1 amide bonds. The van der Waals surface area contributed by atoms with Crippen LogP contribution in [0.2, 0.25) is 10.0 Å². The van der Waals surface area contributed by atoms with E-state index in [0.29, 0.717) is 38.9 Å². The molecule has 0 bridgehead atoms. The minimum absolute atomic E-state index is 0.0248. The zero-order chi connectivity index (χ0) is 30.0. The Hall–Kier alpha value is -4.45. The first kappa shape index (κ1) is 28.7. The molecule has 5 nitrogen and oxygen atoms in total. The van der Waals surface area contributed by atoms with Crippen LogP contribution in [-0.2, 0) is 15.3 Å². The summed E-state index contributed by atoms with van der Waals surface area (Å²) in [6, 6.07) is 34.8. The molecule has 3 N–H and O–H groups in total. The molecule has 0 saturated carbocycles. The van der Waals surface area contributed by atoms with E-state index in [9.17, 15) is 9.90 Å². The van der Waals surface area contributed by atoms with Gasteiger partial charge in [0.1, 0.15) is 11.4 Å². The summed E-state index contributed by atoms with van der Waals surface area (Å²) in [5.41, 5.74) is 2.77. The second-order valence-corrected chi connectivity index (χ2v) is 11.3. The van der Waals surface area contributed by atoms with Crippen molar-refractivity contribution in [3.8, 4) is 16.9 Å². The molecule has 0 fully saturated rings. The van der Waals surface area contributed by atoms with Crippen molar-refractivity contribution in [2.75, 3.05) is 0 Å². The monoisotopic (exact) mass is 608 g/mol. The number of para-hydroxylation sites is 1. The van der Waals surface area contributed by atoms with Gasteiger partial charge in [-0.1, -0.05) is 115 Å². The number of hydrogen-bond donors (Lipinski definition) is 3. The van der Waals surface area contributed by atoms with Crippen molar-refractivity contribution in [1.82, 2.24) is 10.6 Å². The van der Waals surface area contributed by atoms with Gasteiger partial charge in [0, 0.05) is 17.5 Å². The van der Waals surface area contributed by atoms with Gasteiger partial charge in [0.05, 0.1) is 15.6 Å². The van der Waals surface area contributed by atoms with E-state index in [4.69, 9.17) is 27.9 Å². The molecule has 0 spiro atoms. The Balaban J connectivity index is 1.46. The summed E-state index contributed by atoms with van der Waals surface area (Å²) in [4.78, 5) is 13.0. The minimum atomic E-state index is -1.40. The Morgan fingerprint density at radius 3 is 2.23 bits per heavy atom. The quantitative estimate of drug-likeness (QED) is 0.164. The van der Waals surface area contributed by atoms with Crippen LogP contribution < -0.4 is 10.6 Å². The summed E-state index contributed by atoms with van der Waals surface area (Å²) < 4.78 is 6.69. The van der Waals surface area contributed by atoms with Crippen LogP contribution in [0, 0.1) is 0 Å². The highest BCUT2D eigenvalue weighted by molar-refractivity contribution is 6.37. The molecule has 0 aliphatic carbocycles. The Morgan fingerprint density at radius 2 is 1.51 bits per heavy atom. The number of rotatable bonds is 8. The van der Waals surface area contributed by atoms with Crippen LogP contribution in [0.25, 0.3) is 27.6 Å². The van der Waals surface area contributed by atoms with Crippen molar-refractivity contribution >= 4 is 45.6 Å². The van der Waals surface area contributed by atoms with E-state index in [-0.39, 0.29) is 17.5 Å². The number of carbonyl (C=O) groups is 1. The number of halogens is 2. The lowest BCUT2D eigenvalue weighted by atomic mass is 9.91. The van der Waals surface area contributed by atoms with Crippen LogP contribution in [-0.4, -0.2) is 11.0 Å². The standard InChI is InChI=1S/C36H30Cl2N2O3/c1-2-3-15-32(42)39-35-34(33-29(37)12-8-13-30(33)38)40-36(43-35,28-11-6-7-14-31(28)41)27-20-18-24(19-21-27)26-17-16-23-9-4-5-10-25(23)22-26/h4-14,16-22,40-41H,2-3,15H2,1H3,(H,39,42). The third-order valence-corrected chi connectivity index (χ3v) is 8.29. The molecule has 1 heterocycles. The number of phenolic OH excluding ortho intramolecular Hbond substituents is 1. The molecule has 216 valence electrons. The Labute approximate surface area is 260 Å². The summed E-state index contributed by atoms with van der Waals surface area (Å²) in [5.74, 6) is 0.00814. The van der Waals surface area contributed by atoms with Gasteiger partial charge in [0.2, 0.25) is 17.5 Å². The zero-order valence-corrected chi connectivity index (χ0v) is 25.0. The van der Waals surface area contributed by atoms with Crippen LogP contribution in [0.5, 0.6) is 5.75 Å². The zero-order valence-electron chi connectivity index (χ0n) is 23.5. The molecule has 1 aliphatic rings. The van der Waals surface area contributed by atoms with E-state index >= 15 is 0 Å².